The van der Waals surface area contributed by atoms with Crippen LogP contribution in [0, 0.1) is 0 Å². The number of aromatic nitrogens is 1. The molecule has 0 aromatic carbocycles. The van der Waals surface area contributed by atoms with E-state index in [9.17, 15) is 26.7 Å². The Balaban J connectivity index is 3.25. The quantitative estimate of drug-likeness (QED) is 0.626. The SMILES string of the molecule is CCOC(=O)Cc1cc(Cl)c(C(F)F)c(C(F)(F)F)n1. The first-order chi connectivity index (χ1) is 9.16. The Kier molecular flexibility index (Phi) is 5.27. The number of ether oxygens (including phenoxy) is 1. The van der Waals surface area contributed by atoms with E-state index in [1.54, 1.807) is 0 Å². The Labute approximate surface area is 115 Å². The van der Waals surface area contributed by atoms with Gasteiger partial charge in [-0.1, -0.05) is 11.6 Å². The molecule has 0 radical (unpaired) electrons. The first-order valence-corrected chi connectivity index (χ1v) is 5.74. The number of nitrogens with zero attached hydrogens (tertiary/aromatic N) is 1. The number of pyridine rings is 1. The van der Waals surface area contributed by atoms with Crippen molar-refractivity contribution in [2.45, 2.75) is 25.9 Å². The molecule has 20 heavy (non-hydrogen) atoms. The van der Waals surface area contributed by atoms with Crippen LogP contribution in [-0.4, -0.2) is 17.6 Å². The minimum atomic E-state index is -5.10. The average molecular weight is 318 g/mol. The molecule has 0 N–H and O–H groups in total. The zero-order valence-corrected chi connectivity index (χ0v) is 10.9. The fourth-order valence-electron chi connectivity index (χ4n) is 1.45. The minimum Gasteiger partial charge on any atom is -0.466 e. The molecule has 9 heteroatoms. The molecule has 0 fully saturated rings. The van der Waals surface area contributed by atoms with Crippen molar-refractivity contribution in [1.29, 1.82) is 0 Å². The summed E-state index contributed by atoms with van der Waals surface area (Å²) >= 11 is 5.42. The summed E-state index contributed by atoms with van der Waals surface area (Å²) in [5, 5.41) is -0.790. The van der Waals surface area contributed by atoms with E-state index in [4.69, 9.17) is 11.6 Å². The van der Waals surface area contributed by atoms with Gasteiger partial charge in [-0.25, -0.2) is 13.8 Å². The predicted molar refractivity (Wildman–Crippen MR) is 59.5 cm³/mol. The van der Waals surface area contributed by atoms with Crippen molar-refractivity contribution in [3.63, 3.8) is 0 Å². The molecule has 0 spiro atoms. The summed E-state index contributed by atoms with van der Waals surface area (Å²) in [5.41, 5.74) is -3.57. The van der Waals surface area contributed by atoms with Gasteiger partial charge in [0, 0.05) is 0 Å². The van der Waals surface area contributed by atoms with E-state index < -0.39 is 41.3 Å². The van der Waals surface area contributed by atoms with Crippen LogP contribution < -0.4 is 0 Å². The molecule has 112 valence electrons. The summed E-state index contributed by atoms with van der Waals surface area (Å²) in [6.07, 6.45) is -9.11. The van der Waals surface area contributed by atoms with Crippen LogP contribution in [0.15, 0.2) is 6.07 Å². The summed E-state index contributed by atoms with van der Waals surface area (Å²) in [6, 6.07) is 0.801. The number of hydrogen-bond acceptors (Lipinski definition) is 3. The summed E-state index contributed by atoms with van der Waals surface area (Å²) in [4.78, 5) is 14.2. The van der Waals surface area contributed by atoms with Crippen molar-refractivity contribution < 1.29 is 31.5 Å². The van der Waals surface area contributed by atoms with Crippen LogP contribution in [0.5, 0.6) is 0 Å². The highest BCUT2D eigenvalue weighted by Gasteiger charge is 2.39. The Morgan fingerprint density at radius 3 is 2.50 bits per heavy atom. The molecule has 3 nitrogen and oxygen atoms in total. The van der Waals surface area contributed by atoms with Crippen LogP contribution >= 0.6 is 11.6 Å². The topological polar surface area (TPSA) is 39.2 Å². The first-order valence-electron chi connectivity index (χ1n) is 5.37. The molecule has 0 aliphatic carbocycles. The van der Waals surface area contributed by atoms with Gasteiger partial charge in [0.25, 0.3) is 6.43 Å². The van der Waals surface area contributed by atoms with Gasteiger partial charge in [0.05, 0.1) is 29.3 Å². The number of carbonyl (C=O) groups is 1. The molecule has 1 aromatic heterocycles. The molecular weight excluding hydrogens is 309 g/mol. The lowest BCUT2D eigenvalue weighted by molar-refractivity contribution is -0.145. The van der Waals surface area contributed by atoms with E-state index in [1.165, 1.54) is 6.92 Å². The number of hydrogen-bond donors (Lipinski definition) is 0. The molecule has 0 aliphatic rings. The van der Waals surface area contributed by atoms with E-state index in [-0.39, 0.29) is 12.3 Å². The van der Waals surface area contributed by atoms with E-state index in [2.05, 4.69) is 9.72 Å². The Bertz CT molecular complexity index is 504. The number of rotatable bonds is 4. The van der Waals surface area contributed by atoms with Crippen molar-refractivity contribution in [3.05, 3.63) is 28.0 Å². The Hall–Kier alpha value is -1.44. The number of alkyl halides is 5. The Morgan fingerprint density at radius 2 is 2.05 bits per heavy atom. The third-order valence-electron chi connectivity index (χ3n) is 2.18. The van der Waals surface area contributed by atoms with Gasteiger partial charge in [-0.2, -0.15) is 13.2 Å². The molecule has 0 amide bonds. The summed E-state index contributed by atoms with van der Waals surface area (Å²) in [7, 11) is 0. The smallest absolute Gasteiger partial charge is 0.433 e. The number of carbonyl (C=O) groups excluding carboxylic acids is 1. The lowest BCUT2D eigenvalue weighted by Crippen LogP contribution is -2.16. The van der Waals surface area contributed by atoms with Gasteiger partial charge in [0.1, 0.15) is 0 Å². The van der Waals surface area contributed by atoms with Gasteiger partial charge in [-0.05, 0) is 13.0 Å². The molecule has 1 aromatic rings. The van der Waals surface area contributed by atoms with Crippen LogP contribution in [-0.2, 0) is 22.1 Å². The second-order valence-corrected chi connectivity index (χ2v) is 4.05. The van der Waals surface area contributed by atoms with Crippen molar-refractivity contribution in [1.82, 2.24) is 4.98 Å². The van der Waals surface area contributed by atoms with E-state index in [0.717, 1.165) is 6.07 Å². The van der Waals surface area contributed by atoms with Crippen molar-refractivity contribution >= 4 is 17.6 Å². The fraction of sp³-hybridized carbons (Fsp3) is 0.455. The molecule has 0 bridgehead atoms. The van der Waals surface area contributed by atoms with Crippen LogP contribution in [0.4, 0.5) is 22.0 Å². The number of esters is 1. The van der Waals surface area contributed by atoms with Crippen molar-refractivity contribution in [2.24, 2.45) is 0 Å². The van der Waals surface area contributed by atoms with E-state index in [0.29, 0.717) is 0 Å². The van der Waals surface area contributed by atoms with E-state index >= 15 is 0 Å². The molecule has 0 saturated carbocycles. The second kappa shape index (κ2) is 6.34. The summed E-state index contributed by atoms with van der Waals surface area (Å²) in [5.74, 6) is -0.825. The fourth-order valence-corrected chi connectivity index (χ4v) is 1.75. The van der Waals surface area contributed by atoms with Crippen LogP contribution in [0.1, 0.15) is 30.3 Å². The molecular formula is C11H9ClF5NO2. The zero-order valence-electron chi connectivity index (χ0n) is 10.1. The maximum Gasteiger partial charge on any atom is 0.433 e. The second-order valence-electron chi connectivity index (χ2n) is 3.64. The summed E-state index contributed by atoms with van der Waals surface area (Å²) in [6.45, 7) is 1.55. The zero-order chi connectivity index (χ0) is 15.5. The number of halogens is 6. The third kappa shape index (κ3) is 4.03. The maximum absolute atomic E-state index is 12.7. The highest BCUT2D eigenvalue weighted by atomic mass is 35.5. The molecule has 0 saturated heterocycles. The molecule has 0 atom stereocenters. The molecule has 1 rings (SSSR count). The van der Waals surface area contributed by atoms with Gasteiger partial charge < -0.3 is 4.74 Å². The Morgan fingerprint density at radius 1 is 1.45 bits per heavy atom. The summed E-state index contributed by atoms with van der Waals surface area (Å²) < 4.78 is 67.8. The monoisotopic (exact) mass is 317 g/mol. The lowest BCUT2D eigenvalue weighted by atomic mass is 10.1. The normalized spacial score (nSPS) is 11.8. The van der Waals surface area contributed by atoms with Gasteiger partial charge >= 0.3 is 12.1 Å². The van der Waals surface area contributed by atoms with E-state index in [1.807, 2.05) is 0 Å². The first kappa shape index (κ1) is 16.6. The maximum atomic E-state index is 12.7. The van der Waals surface area contributed by atoms with Crippen LogP contribution in [0.2, 0.25) is 5.02 Å². The predicted octanol–water partition coefficient (Wildman–Crippen LogP) is 3.80. The van der Waals surface area contributed by atoms with Gasteiger partial charge in [0.15, 0.2) is 5.69 Å². The van der Waals surface area contributed by atoms with Gasteiger partial charge in [-0.3, -0.25) is 4.79 Å². The standard InChI is InChI=1S/C11H9ClF5NO2/c1-2-20-7(19)4-5-3-6(12)8(10(13)14)9(18-5)11(15,16)17/h3,10H,2,4H2,1H3. The molecule has 1 heterocycles. The van der Waals surface area contributed by atoms with Crippen molar-refractivity contribution in [2.75, 3.05) is 6.61 Å². The van der Waals surface area contributed by atoms with Gasteiger partial charge in [-0.15, -0.1) is 0 Å². The van der Waals surface area contributed by atoms with Gasteiger partial charge in [0.2, 0.25) is 0 Å². The highest BCUT2D eigenvalue weighted by molar-refractivity contribution is 6.31. The minimum absolute atomic E-state index is 0.0355. The molecule has 0 aliphatic heterocycles. The highest BCUT2D eigenvalue weighted by Crippen LogP contribution is 2.39. The lowest BCUT2D eigenvalue weighted by Gasteiger charge is -2.14. The average Bonchev–Trinajstić information content (AvgIpc) is 2.26. The molecule has 0 unspecified atom stereocenters. The largest absolute Gasteiger partial charge is 0.466 e. The van der Waals surface area contributed by atoms with Crippen LogP contribution in [0.25, 0.3) is 0 Å². The van der Waals surface area contributed by atoms with Crippen molar-refractivity contribution in [3.8, 4) is 0 Å². The third-order valence-corrected chi connectivity index (χ3v) is 2.49. The van der Waals surface area contributed by atoms with Crippen LogP contribution in [0.3, 0.4) is 0 Å².